The molecule has 0 aliphatic carbocycles. The minimum Gasteiger partial charge on any atom is -0.353 e. The van der Waals surface area contributed by atoms with Crippen molar-refractivity contribution < 1.29 is 0 Å². The van der Waals surface area contributed by atoms with Gasteiger partial charge in [-0.3, -0.25) is 0 Å². The molecule has 0 N–H and O–H groups in total. The second-order valence-corrected chi connectivity index (χ2v) is 10.8. The monoisotopic (exact) mass is 375 g/mol. The van der Waals surface area contributed by atoms with Gasteiger partial charge in [0.15, 0.2) is 0 Å². The van der Waals surface area contributed by atoms with Crippen molar-refractivity contribution in [1.29, 1.82) is 0 Å². The van der Waals surface area contributed by atoms with Gasteiger partial charge in [0.25, 0.3) is 0 Å². The molecule has 0 spiro atoms. The van der Waals surface area contributed by atoms with E-state index in [4.69, 9.17) is 0 Å². The summed E-state index contributed by atoms with van der Waals surface area (Å²) in [7, 11) is 0. The highest BCUT2D eigenvalue weighted by Gasteiger charge is 2.64. The molecule has 3 heterocycles. The summed E-state index contributed by atoms with van der Waals surface area (Å²) >= 11 is 2.00. The first-order valence-electron chi connectivity index (χ1n) is 10.1. The number of anilines is 1. The van der Waals surface area contributed by atoms with Crippen LogP contribution in [0.1, 0.15) is 69.2 Å². The first-order valence-corrected chi connectivity index (χ1v) is 10.9. The van der Waals surface area contributed by atoms with Crippen LogP contribution in [-0.4, -0.2) is 0 Å². The lowest BCUT2D eigenvalue weighted by atomic mass is 9.51. The lowest BCUT2D eigenvalue weighted by molar-refractivity contribution is 0.0660. The second kappa shape index (κ2) is 4.97. The van der Waals surface area contributed by atoms with E-state index in [2.05, 4.69) is 95.8 Å². The summed E-state index contributed by atoms with van der Waals surface area (Å²) in [6, 6.07) is 16.3. The number of rotatable bonds is 0. The maximum atomic E-state index is 2.76. The minimum atomic E-state index is -0.0377. The van der Waals surface area contributed by atoms with Crippen molar-refractivity contribution in [2.24, 2.45) is 5.41 Å². The molecule has 2 atom stereocenters. The van der Waals surface area contributed by atoms with Gasteiger partial charge >= 0.3 is 0 Å². The van der Waals surface area contributed by atoms with Gasteiger partial charge in [-0.25, -0.2) is 0 Å². The van der Waals surface area contributed by atoms with E-state index in [-0.39, 0.29) is 16.4 Å². The minimum absolute atomic E-state index is 0.0377. The highest BCUT2D eigenvalue weighted by atomic mass is 32.1. The third-order valence-electron chi connectivity index (χ3n) is 8.29. The summed E-state index contributed by atoms with van der Waals surface area (Å²) in [5.41, 5.74) is 6.04. The van der Waals surface area contributed by atoms with Gasteiger partial charge < -0.3 is 4.90 Å². The smallest absolute Gasteiger partial charge is 0.0709 e. The average Bonchev–Trinajstić information content (AvgIpc) is 3.10. The van der Waals surface area contributed by atoms with Crippen LogP contribution in [0.25, 0.3) is 10.1 Å². The van der Waals surface area contributed by atoms with Gasteiger partial charge in [0.05, 0.1) is 11.6 Å². The topological polar surface area (TPSA) is 3.24 Å². The molecule has 1 unspecified atom stereocenters. The predicted molar refractivity (Wildman–Crippen MR) is 118 cm³/mol. The van der Waals surface area contributed by atoms with Crippen LogP contribution in [-0.2, 0) is 11.0 Å². The van der Waals surface area contributed by atoms with Crippen molar-refractivity contribution in [2.45, 2.75) is 65.5 Å². The number of hydrogen-bond donors (Lipinski definition) is 0. The van der Waals surface area contributed by atoms with Gasteiger partial charge in [-0.05, 0) is 48.8 Å². The van der Waals surface area contributed by atoms with Gasteiger partial charge in [-0.2, -0.15) is 0 Å². The zero-order valence-corrected chi connectivity index (χ0v) is 18.3. The normalized spacial score (nSPS) is 27.4. The van der Waals surface area contributed by atoms with Gasteiger partial charge in [0.1, 0.15) is 0 Å². The quantitative estimate of drug-likeness (QED) is 0.398. The Bertz CT molecular complexity index is 1090. The van der Waals surface area contributed by atoms with Crippen molar-refractivity contribution in [3.63, 3.8) is 0 Å². The maximum Gasteiger partial charge on any atom is 0.0709 e. The van der Waals surface area contributed by atoms with Crippen LogP contribution in [0.3, 0.4) is 0 Å². The van der Waals surface area contributed by atoms with Crippen LogP contribution in [0.2, 0.25) is 0 Å². The fourth-order valence-corrected chi connectivity index (χ4v) is 7.30. The maximum absolute atomic E-state index is 2.76. The zero-order valence-electron chi connectivity index (χ0n) is 17.5. The molecule has 2 heteroatoms. The second-order valence-electron chi connectivity index (χ2n) is 9.68. The lowest BCUT2D eigenvalue weighted by Gasteiger charge is -2.62. The summed E-state index contributed by atoms with van der Waals surface area (Å²) < 4.78 is 1.43. The number of para-hydroxylation sites is 1. The molecular weight excluding hydrogens is 346 g/mol. The highest BCUT2D eigenvalue weighted by molar-refractivity contribution is 7.19. The SMILES string of the molecule is Cc1cccc2c1N1[C@@H](C)c3sc4ccccc4c3C1(C)C(C)(C)C2(C)C. The average molecular weight is 376 g/mol. The molecule has 0 saturated heterocycles. The van der Waals surface area contributed by atoms with E-state index >= 15 is 0 Å². The van der Waals surface area contributed by atoms with Gasteiger partial charge in [-0.15, -0.1) is 11.3 Å². The van der Waals surface area contributed by atoms with E-state index in [0.717, 1.165) is 0 Å². The summed E-state index contributed by atoms with van der Waals surface area (Å²) in [6.07, 6.45) is 0. The van der Waals surface area contributed by atoms with Crippen LogP contribution in [0.5, 0.6) is 0 Å². The molecule has 0 saturated carbocycles. The summed E-state index contributed by atoms with van der Waals surface area (Å²) in [6.45, 7) is 17.1. The first-order chi connectivity index (χ1) is 12.6. The van der Waals surface area contributed by atoms with E-state index < -0.39 is 0 Å². The molecule has 3 aromatic rings. The lowest BCUT2D eigenvalue weighted by Crippen LogP contribution is -2.62. The Morgan fingerprint density at radius 3 is 2.37 bits per heavy atom. The van der Waals surface area contributed by atoms with Crippen LogP contribution in [0.4, 0.5) is 5.69 Å². The Balaban J connectivity index is 1.95. The highest BCUT2D eigenvalue weighted by Crippen LogP contribution is 2.69. The third-order valence-corrected chi connectivity index (χ3v) is 9.63. The fourth-order valence-electron chi connectivity index (χ4n) is 5.94. The standard InChI is InChI=1S/C25H29NS/c1-15-11-10-13-18-21(15)26-16(2)22-20(17-12-8-9-14-19(17)27-22)25(26,7)24(5,6)23(18,3)4/h8-14,16H,1-7H3/t16-,25?/m0/s1. The molecule has 5 rings (SSSR count). The number of nitrogens with zero attached hydrogens (tertiary/aromatic N) is 1. The van der Waals surface area contributed by atoms with Crippen molar-refractivity contribution in [3.8, 4) is 0 Å². The van der Waals surface area contributed by atoms with E-state index in [0.29, 0.717) is 6.04 Å². The van der Waals surface area contributed by atoms with Crippen LogP contribution < -0.4 is 4.90 Å². The fraction of sp³-hybridized carbons (Fsp3) is 0.440. The largest absolute Gasteiger partial charge is 0.353 e. The van der Waals surface area contributed by atoms with Crippen molar-refractivity contribution in [3.05, 3.63) is 64.0 Å². The Kier molecular flexibility index (Phi) is 3.19. The summed E-state index contributed by atoms with van der Waals surface area (Å²) in [4.78, 5) is 4.31. The molecule has 140 valence electrons. The van der Waals surface area contributed by atoms with Crippen LogP contribution in [0.15, 0.2) is 42.5 Å². The third kappa shape index (κ3) is 1.72. The molecule has 1 aromatic heterocycles. The molecule has 0 fully saturated rings. The predicted octanol–water partition coefficient (Wildman–Crippen LogP) is 7.32. The first kappa shape index (κ1) is 17.3. The van der Waals surface area contributed by atoms with Gasteiger partial charge in [-0.1, -0.05) is 64.1 Å². The molecule has 0 amide bonds. The molecule has 2 aliphatic heterocycles. The van der Waals surface area contributed by atoms with Crippen molar-refractivity contribution >= 4 is 27.1 Å². The van der Waals surface area contributed by atoms with Gasteiger partial charge in [0, 0.05) is 26.2 Å². The van der Waals surface area contributed by atoms with Gasteiger partial charge in [0.2, 0.25) is 0 Å². The molecule has 0 bridgehead atoms. The number of aryl methyl sites for hydroxylation is 1. The molecule has 0 radical (unpaired) electrons. The molecule has 2 aliphatic rings. The Labute approximate surface area is 167 Å². The summed E-state index contributed by atoms with van der Waals surface area (Å²) in [5.74, 6) is 0. The van der Waals surface area contributed by atoms with E-state index in [1.54, 1.807) is 10.4 Å². The Morgan fingerprint density at radius 1 is 0.926 bits per heavy atom. The Morgan fingerprint density at radius 2 is 1.63 bits per heavy atom. The van der Waals surface area contributed by atoms with Crippen molar-refractivity contribution in [1.82, 2.24) is 0 Å². The number of benzene rings is 2. The number of thiophene rings is 1. The molecule has 27 heavy (non-hydrogen) atoms. The molecular formula is C25H29NS. The number of fused-ring (bicyclic) bond motifs is 7. The van der Waals surface area contributed by atoms with Crippen LogP contribution >= 0.6 is 11.3 Å². The summed E-state index contributed by atoms with van der Waals surface area (Å²) in [5, 5.41) is 1.45. The van der Waals surface area contributed by atoms with E-state index in [1.165, 1.54) is 26.9 Å². The molecule has 2 aromatic carbocycles. The molecule has 1 nitrogen and oxygen atoms in total. The van der Waals surface area contributed by atoms with Crippen LogP contribution in [0, 0.1) is 12.3 Å². The van der Waals surface area contributed by atoms with E-state index in [1.807, 2.05) is 11.3 Å². The van der Waals surface area contributed by atoms with Crippen molar-refractivity contribution in [2.75, 3.05) is 4.90 Å². The Hall–Kier alpha value is -1.80. The van der Waals surface area contributed by atoms with E-state index in [9.17, 15) is 0 Å². The number of hydrogen-bond acceptors (Lipinski definition) is 2. The zero-order chi connectivity index (χ0) is 19.4.